The first-order valence-corrected chi connectivity index (χ1v) is 3.97. The van der Waals surface area contributed by atoms with Gasteiger partial charge in [0.2, 0.25) is 0 Å². The van der Waals surface area contributed by atoms with Crippen LogP contribution in [0.5, 0.6) is 0 Å². The van der Waals surface area contributed by atoms with E-state index in [0.29, 0.717) is 3.80 Å². The summed E-state index contributed by atoms with van der Waals surface area (Å²) in [5.41, 5.74) is 0. The molecule has 2 bridgehead atoms. The first-order chi connectivity index (χ1) is 3.79. The zero-order chi connectivity index (χ0) is 5.61. The molecule has 1 heteroatoms. The Morgan fingerprint density at radius 2 is 2.00 bits per heavy atom. The summed E-state index contributed by atoms with van der Waals surface area (Å²) in [6, 6.07) is 0. The van der Waals surface area contributed by atoms with Gasteiger partial charge in [0.15, 0.2) is 0 Å². The molecule has 0 unspecified atom stereocenters. The van der Waals surface area contributed by atoms with Crippen LogP contribution in [-0.4, -0.2) is 0 Å². The third-order valence-corrected chi connectivity index (χ3v) is 2.98. The van der Waals surface area contributed by atoms with Crippen molar-refractivity contribution in [2.75, 3.05) is 0 Å². The van der Waals surface area contributed by atoms with Crippen molar-refractivity contribution in [3.05, 3.63) is 24.3 Å². The Morgan fingerprint density at radius 3 is 2.12 bits per heavy atom. The third-order valence-electron chi connectivity index (χ3n) is 1.76. The molecule has 0 aliphatic heterocycles. The number of rotatable bonds is 0. The molecule has 2 rings (SSSR count). The van der Waals surface area contributed by atoms with Gasteiger partial charge >= 0.3 is 60.3 Å². The molecule has 0 heterocycles. The molecule has 2 aliphatic carbocycles. The van der Waals surface area contributed by atoms with Crippen molar-refractivity contribution < 1.29 is 19.8 Å². The second-order valence-electron chi connectivity index (χ2n) is 2.46. The first kappa shape index (κ1) is 4.99. The fourth-order valence-electron chi connectivity index (χ4n) is 1.29. The summed E-state index contributed by atoms with van der Waals surface area (Å²) in [6.07, 6.45) is 10.5. The summed E-state index contributed by atoms with van der Waals surface area (Å²) in [4.78, 5) is 0. The van der Waals surface area contributed by atoms with E-state index in [1.54, 1.807) is 0 Å². The van der Waals surface area contributed by atoms with E-state index in [1.165, 1.54) is 6.42 Å². The third kappa shape index (κ3) is 0.559. The van der Waals surface area contributed by atoms with Crippen molar-refractivity contribution in [3.8, 4) is 0 Å². The summed E-state index contributed by atoms with van der Waals surface area (Å²) in [5.74, 6) is 0.771. The molecule has 0 radical (unpaired) electrons. The van der Waals surface area contributed by atoms with E-state index in [-0.39, 0.29) is 0 Å². The summed E-state index contributed by atoms with van der Waals surface area (Å²) >= 11 is 2.48. The van der Waals surface area contributed by atoms with E-state index in [9.17, 15) is 0 Å². The Balaban J connectivity index is 2.43. The Labute approximate surface area is 60.6 Å². The van der Waals surface area contributed by atoms with Crippen LogP contribution in [0, 0.1) is 5.92 Å². The molecule has 2 aliphatic rings. The number of fused-ring (bicyclic) bond motifs is 2. The van der Waals surface area contributed by atoms with Gasteiger partial charge in [-0.2, -0.15) is 0 Å². The molecule has 0 N–H and O–H groups in total. The van der Waals surface area contributed by atoms with Crippen LogP contribution in [0.4, 0.5) is 0 Å². The van der Waals surface area contributed by atoms with Crippen LogP contribution < -0.4 is 0 Å². The average molecular weight is 286 g/mol. The predicted octanol–water partition coefficient (Wildman–Crippen LogP) is 1.84. The molecule has 0 spiro atoms. The molecule has 0 aromatic carbocycles. The molecule has 0 amide bonds. The average Bonchev–Trinajstić information content (AvgIpc) is 2.21. The minimum absolute atomic E-state index is 0.421. The van der Waals surface area contributed by atoms with E-state index >= 15 is 0 Å². The fourth-order valence-corrected chi connectivity index (χ4v) is 2.27. The SMILES string of the molecule is [Pt][C]12C=CC(C=C1)C2. The quantitative estimate of drug-likeness (QED) is 0.596. The molecule has 45 valence electrons. The number of allylic oxidation sites excluding steroid dienone is 4. The van der Waals surface area contributed by atoms with Gasteiger partial charge in [0, 0.05) is 0 Å². The summed E-state index contributed by atoms with van der Waals surface area (Å²) in [6.45, 7) is 0. The molecule has 0 atom stereocenters. The van der Waals surface area contributed by atoms with Crippen molar-refractivity contribution in [2.45, 2.75) is 10.2 Å². The van der Waals surface area contributed by atoms with E-state index < -0.39 is 0 Å². The normalized spacial score (nSPS) is 49.0. The molecular weight excluding hydrogens is 279 g/mol. The van der Waals surface area contributed by atoms with Gasteiger partial charge in [-0.1, -0.05) is 0 Å². The van der Waals surface area contributed by atoms with E-state index in [4.69, 9.17) is 0 Å². The zero-order valence-electron chi connectivity index (χ0n) is 4.41. The van der Waals surface area contributed by atoms with Crippen LogP contribution in [-0.2, 0) is 19.8 Å². The Kier molecular flexibility index (Phi) is 0.848. The van der Waals surface area contributed by atoms with Crippen LogP contribution in [0.3, 0.4) is 0 Å². The topological polar surface area (TPSA) is 0 Å². The number of hydrogen-bond donors (Lipinski definition) is 0. The van der Waals surface area contributed by atoms with Crippen LogP contribution in [0.1, 0.15) is 6.42 Å². The van der Waals surface area contributed by atoms with Gasteiger partial charge in [-0.15, -0.1) is 0 Å². The van der Waals surface area contributed by atoms with E-state index in [2.05, 4.69) is 44.1 Å². The van der Waals surface area contributed by atoms with Gasteiger partial charge < -0.3 is 0 Å². The van der Waals surface area contributed by atoms with Crippen LogP contribution in [0.15, 0.2) is 24.3 Å². The van der Waals surface area contributed by atoms with Crippen LogP contribution in [0.2, 0.25) is 3.80 Å². The van der Waals surface area contributed by atoms with Crippen molar-refractivity contribution >= 4 is 0 Å². The fraction of sp³-hybridized carbons (Fsp3) is 0.429. The summed E-state index contributed by atoms with van der Waals surface area (Å²) in [7, 11) is 0. The van der Waals surface area contributed by atoms with Gasteiger partial charge in [-0.05, 0) is 0 Å². The Bertz CT molecular complexity index is 153. The summed E-state index contributed by atoms with van der Waals surface area (Å²) in [5, 5.41) is 0. The molecule has 0 nitrogen and oxygen atoms in total. The summed E-state index contributed by atoms with van der Waals surface area (Å²) < 4.78 is 0.421. The Hall–Kier alpha value is 0.168. The maximum atomic E-state index is 2.48. The predicted molar refractivity (Wildman–Crippen MR) is 29.1 cm³/mol. The maximum absolute atomic E-state index is 2.48. The molecule has 8 heavy (non-hydrogen) atoms. The van der Waals surface area contributed by atoms with Gasteiger partial charge in [-0.25, -0.2) is 0 Å². The van der Waals surface area contributed by atoms with Crippen molar-refractivity contribution in [1.82, 2.24) is 0 Å². The number of hydrogen-bond acceptors (Lipinski definition) is 0. The van der Waals surface area contributed by atoms with E-state index in [0.717, 1.165) is 5.92 Å². The molecule has 0 fully saturated rings. The van der Waals surface area contributed by atoms with Crippen molar-refractivity contribution in [1.29, 1.82) is 0 Å². The first-order valence-electron chi connectivity index (χ1n) is 2.83. The van der Waals surface area contributed by atoms with Crippen LogP contribution in [0.25, 0.3) is 0 Å². The zero-order valence-corrected chi connectivity index (χ0v) is 6.68. The van der Waals surface area contributed by atoms with Crippen molar-refractivity contribution in [2.24, 2.45) is 5.92 Å². The Morgan fingerprint density at radius 1 is 1.38 bits per heavy atom. The van der Waals surface area contributed by atoms with Gasteiger partial charge in [0.05, 0.1) is 0 Å². The molecule has 0 aromatic rings. The van der Waals surface area contributed by atoms with Gasteiger partial charge in [0.25, 0.3) is 0 Å². The molecule has 0 saturated heterocycles. The monoisotopic (exact) mass is 286 g/mol. The minimum atomic E-state index is 0.421. The van der Waals surface area contributed by atoms with E-state index in [1.807, 2.05) is 0 Å². The van der Waals surface area contributed by atoms with Gasteiger partial charge in [-0.3, -0.25) is 0 Å². The second-order valence-corrected chi connectivity index (χ2v) is 4.57. The second kappa shape index (κ2) is 1.36. The van der Waals surface area contributed by atoms with Gasteiger partial charge in [0.1, 0.15) is 0 Å². The molecule has 0 aromatic heterocycles. The standard InChI is InChI=1S/C7H7.Pt/c1-2-7-4-3-6(1)5-7;/h1-4,6H,5H2;. The molecule has 0 saturated carbocycles. The van der Waals surface area contributed by atoms with Crippen molar-refractivity contribution in [3.63, 3.8) is 0 Å². The molecular formula is C7H7Pt. The van der Waals surface area contributed by atoms with Crippen LogP contribution >= 0.6 is 0 Å².